The Hall–Kier alpha value is -5.54. The lowest BCUT2D eigenvalue weighted by Crippen LogP contribution is -2.38. The average Bonchev–Trinajstić information content (AvgIpc) is 3.49. The summed E-state index contributed by atoms with van der Waals surface area (Å²) in [6.45, 7) is 0.758. The second kappa shape index (κ2) is 12.2. The summed E-state index contributed by atoms with van der Waals surface area (Å²) in [6, 6.07) is 34.7. The highest BCUT2D eigenvalue weighted by Crippen LogP contribution is 2.34. The van der Waals surface area contributed by atoms with Crippen LogP contribution in [0.5, 0.6) is 5.75 Å². The van der Waals surface area contributed by atoms with Crippen molar-refractivity contribution < 1.29 is 19.4 Å². The highest BCUT2D eigenvalue weighted by Gasteiger charge is 2.25. The number of amides is 2. The number of carbonyl (C=O) groups excluding carboxylic acids is 1. The van der Waals surface area contributed by atoms with Crippen LogP contribution >= 0.6 is 11.3 Å². The van der Waals surface area contributed by atoms with Crippen LogP contribution in [-0.4, -0.2) is 33.6 Å². The fraction of sp³-hybridized carbons (Fsp3) is 0.111. The van der Waals surface area contributed by atoms with Crippen LogP contribution in [0.2, 0.25) is 0 Å². The Bertz CT molecular complexity index is 1990. The third kappa shape index (κ3) is 5.98. The molecule has 1 aliphatic rings. The van der Waals surface area contributed by atoms with Crippen molar-refractivity contribution in [1.82, 2.24) is 9.97 Å². The highest BCUT2D eigenvalue weighted by molar-refractivity contribution is 7.22. The minimum absolute atomic E-state index is 0.170. The monoisotopic (exact) mass is 612 g/mol. The van der Waals surface area contributed by atoms with Crippen molar-refractivity contribution in [2.24, 2.45) is 0 Å². The van der Waals surface area contributed by atoms with Crippen molar-refractivity contribution in [1.29, 1.82) is 0 Å². The zero-order chi connectivity index (χ0) is 30.8. The normalized spacial score (nSPS) is 12.5. The zero-order valence-corrected chi connectivity index (χ0v) is 25.0. The molecular formula is C36H28N4O4S. The fourth-order valence-corrected chi connectivity index (χ4v) is 6.35. The third-order valence-corrected chi connectivity index (χ3v) is 8.72. The van der Waals surface area contributed by atoms with Gasteiger partial charge in [0, 0.05) is 17.8 Å². The number of benzene rings is 4. The lowest BCUT2D eigenvalue weighted by Gasteiger charge is -2.29. The number of carboxylic acid groups (broad SMARTS) is 1. The van der Waals surface area contributed by atoms with E-state index in [2.05, 4.69) is 27.4 Å². The van der Waals surface area contributed by atoms with E-state index in [0.717, 1.165) is 51.0 Å². The molecule has 0 bridgehead atoms. The van der Waals surface area contributed by atoms with Crippen molar-refractivity contribution in [2.45, 2.75) is 19.4 Å². The molecular weight excluding hydrogens is 584 g/mol. The molecule has 0 unspecified atom stereocenters. The minimum atomic E-state index is -1.18. The number of aromatic nitrogens is 2. The molecule has 2 aromatic heterocycles. The largest absolute Gasteiger partial charge is 0.486 e. The average molecular weight is 613 g/mol. The van der Waals surface area contributed by atoms with Crippen LogP contribution in [0.25, 0.3) is 32.6 Å². The maximum atomic E-state index is 13.4. The van der Waals surface area contributed by atoms with Gasteiger partial charge in [-0.1, -0.05) is 90.2 Å². The first-order chi connectivity index (χ1) is 22.0. The lowest BCUT2D eigenvalue weighted by molar-refractivity contribution is 0.0685. The summed E-state index contributed by atoms with van der Waals surface area (Å²) in [7, 11) is 0. The number of nitrogens with zero attached hydrogens (tertiary/aromatic N) is 3. The summed E-state index contributed by atoms with van der Waals surface area (Å²) < 4.78 is 6.93. The molecule has 8 nitrogen and oxygen atoms in total. The van der Waals surface area contributed by atoms with Crippen LogP contribution in [0.3, 0.4) is 0 Å². The summed E-state index contributed by atoms with van der Waals surface area (Å²) in [5.74, 6) is -0.991. The number of carboxylic acids is 1. The first kappa shape index (κ1) is 28.2. The fourth-order valence-electron chi connectivity index (χ4n) is 5.49. The van der Waals surface area contributed by atoms with Crippen molar-refractivity contribution in [3.8, 4) is 28.1 Å². The predicted octanol–water partition coefficient (Wildman–Crippen LogP) is 8.29. The molecule has 1 aliphatic heterocycles. The lowest BCUT2D eigenvalue weighted by atomic mass is 9.98. The molecule has 3 heterocycles. The number of nitrogens with one attached hydrogen (secondary N) is 1. The highest BCUT2D eigenvalue weighted by atomic mass is 32.1. The van der Waals surface area contributed by atoms with Crippen molar-refractivity contribution >= 4 is 44.4 Å². The number of pyridine rings is 1. The molecule has 0 radical (unpaired) electrons. The van der Waals surface area contributed by atoms with Crippen LogP contribution in [0.4, 0.5) is 15.6 Å². The summed E-state index contributed by atoms with van der Waals surface area (Å²) in [5, 5.41) is 13.5. The number of rotatable bonds is 7. The van der Waals surface area contributed by atoms with Crippen LogP contribution < -0.4 is 15.0 Å². The van der Waals surface area contributed by atoms with Gasteiger partial charge in [-0.05, 0) is 65.4 Å². The van der Waals surface area contributed by atoms with E-state index in [4.69, 9.17) is 4.74 Å². The molecule has 7 rings (SSSR count). The Labute approximate surface area is 263 Å². The molecule has 0 fully saturated rings. The third-order valence-electron chi connectivity index (χ3n) is 7.77. The number of anilines is 2. The van der Waals surface area contributed by atoms with Crippen molar-refractivity contribution in [2.75, 3.05) is 16.8 Å². The Balaban J connectivity index is 1.10. The van der Waals surface area contributed by atoms with Gasteiger partial charge in [-0.15, -0.1) is 0 Å². The number of hydrogen-bond donors (Lipinski definition) is 2. The number of aryl methyl sites for hydroxylation is 1. The molecule has 2 amide bonds. The Morgan fingerprint density at radius 2 is 1.60 bits per heavy atom. The topological polar surface area (TPSA) is 105 Å². The van der Waals surface area contributed by atoms with E-state index < -0.39 is 5.97 Å². The van der Waals surface area contributed by atoms with Crippen LogP contribution in [0.15, 0.2) is 109 Å². The maximum Gasteiger partial charge on any atom is 0.358 e. The van der Waals surface area contributed by atoms with Gasteiger partial charge in [-0.25, -0.2) is 19.6 Å². The zero-order valence-electron chi connectivity index (χ0n) is 24.1. The molecule has 0 atom stereocenters. The summed E-state index contributed by atoms with van der Waals surface area (Å²) in [6.07, 6.45) is 1.68. The van der Waals surface area contributed by atoms with E-state index >= 15 is 0 Å². The standard InChI is InChI=1S/C36H28N4O4S/c41-34(42)33-31(44-22-23-12-14-25(15-13-23)24-7-2-1-3-8-24)19-18-28(37-33)27-17-16-26-9-6-20-40(30(26)21-27)36(43)39-35-38-29-10-4-5-11-32(29)45-35/h1-5,7-8,10-19,21H,6,9,20,22H2,(H,41,42)(H,38,39,43). The van der Waals surface area contributed by atoms with E-state index in [1.54, 1.807) is 17.0 Å². The molecule has 45 heavy (non-hydrogen) atoms. The van der Waals surface area contributed by atoms with Gasteiger partial charge in [-0.2, -0.15) is 0 Å². The smallest absolute Gasteiger partial charge is 0.358 e. The number of hydrogen-bond acceptors (Lipinski definition) is 6. The minimum Gasteiger partial charge on any atom is -0.486 e. The predicted molar refractivity (Wildman–Crippen MR) is 177 cm³/mol. The molecule has 2 N–H and O–H groups in total. The molecule has 0 saturated carbocycles. The quantitative estimate of drug-likeness (QED) is 0.188. The van der Waals surface area contributed by atoms with E-state index in [1.165, 1.54) is 11.3 Å². The summed E-state index contributed by atoms with van der Waals surface area (Å²) in [4.78, 5) is 36.3. The molecule has 0 aliphatic carbocycles. The number of para-hydroxylation sites is 1. The SMILES string of the molecule is O=C(O)c1nc(-c2ccc3c(c2)N(C(=O)Nc2nc4ccccc4s2)CCC3)ccc1OCc1ccc(-c2ccccc2)cc1. The van der Waals surface area contributed by atoms with Crippen LogP contribution in [-0.2, 0) is 13.0 Å². The van der Waals surface area contributed by atoms with E-state index in [9.17, 15) is 14.7 Å². The molecule has 6 aromatic rings. The van der Waals surface area contributed by atoms with Gasteiger partial charge < -0.3 is 9.84 Å². The summed E-state index contributed by atoms with van der Waals surface area (Å²) >= 11 is 1.43. The molecule has 0 spiro atoms. The van der Waals surface area contributed by atoms with Gasteiger partial charge in [0.15, 0.2) is 16.6 Å². The Morgan fingerprint density at radius 3 is 2.40 bits per heavy atom. The van der Waals surface area contributed by atoms with Gasteiger partial charge >= 0.3 is 12.0 Å². The van der Waals surface area contributed by atoms with Crippen LogP contribution in [0, 0.1) is 0 Å². The number of ether oxygens (including phenoxy) is 1. The number of fused-ring (bicyclic) bond motifs is 2. The Kier molecular flexibility index (Phi) is 7.67. The molecule has 9 heteroatoms. The van der Waals surface area contributed by atoms with Gasteiger partial charge in [-0.3, -0.25) is 10.2 Å². The number of urea groups is 1. The van der Waals surface area contributed by atoms with E-state index in [0.29, 0.717) is 22.9 Å². The number of carbonyl (C=O) groups is 2. The van der Waals surface area contributed by atoms with Gasteiger partial charge in [0.05, 0.1) is 15.9 Å². The summed E-state index contributed by atoms with van der Waals surface area (Å²) in [5.41, 5.74) is 6.80. The van der Waals surface area contributed by atoms with Gasteiger partial charge in [0.2, 0.25) is 0 Å². The second-order valence-electron chi connectivity index (χ2n) is 10.7. The Morgan fingerprint density at radius 1 is 0.844 bits per heavy atom. The molecule has 0 saturated heterocycles. The van der Waals surface area contributed by atoms with E-state index in [1.807, 2.05) is 84.9 Å². The van der Waals surface area contributed by atoms with E-state index in [-0.39, 0.29) is 24.1 Å². The molecule has 222 valence electrons. The first-order valence-corrected chi connectivity index (χ1v) is 15.4. The van der Waals surface area contributed by atoms with Crippen LogP contribution in [0.1, 0.15) is 28.0 Å². The van der Waals surface area contributed by atoms with Crippen molar-refractivity contribution in [3.63, 3.8) is 0 Å². The number of thiazole rings is 1. The second-order valence-corrected chi connectivity index (χ2v) is 11.7. The maximum absolute atomic E-state index is 13.4. The molecule has 4 aromatic carbocycles. The van der Waals surface area contributed by atoms with Gasteiger partial charge in [0.1, 0.15) is 6.61 Å². The number of aromatic carboxylic acids is 1. The first-order valence-electron chi connectivity index (χ1n) is 14.6. The van der Waals surface area contributed by atoms with Crippen molar-refractivity contribution in [3.05, 3.63) is 126 Å². The van der Waals surface area contributed by atoms with Gasteiger partial charge in [0.25, 0.3) is 0 Å².